The lowest BCUT2D eigenvalue weighted by molar-refractivity contribution is -0.172. The number of nitrogens with zero attached hydrogens (tertiary/aromatic N) is 1. The first-order valence-electron chi connectivity index (χ1n) is 3.78. The Kier molecular flexibility index (Phi) is 2.65. The van der Waals surface area contributed by atoms with E-state index in [1.807, 2.05) is 0 Å². The highest BCUT2D eigenvalue weighted by molar-refractivity contribution is 5.77. The summed E-state index contributed by atoms with van der Waals surface area (Å²) in [6.07, 6.45) is 0.157. The Hall–Kier alpha value is -1.10. The van der Waals surface area contributed by atoms with Crippen LogP contribution in [0, 0.1) is 0 Å². The quantitative estimate of drug-likeness (QED) is 0.653. The summed E-state index contributed by atoms with van der Waals surface area (Å²) in [5.41, 5.74) is 0. The smallest absolute Gasteiger partial charge is 0.305 e. The summed E-state index contributed by atoms with van der Waals surface area (Å²) >= 11 is 0. The summed E-state index contributed by atoms with van der Waals surface area (Å²) in [5.74, 6) is -1.06. The van der Waals surface area contributed by atoms with Gasteiger partial charge in [-0.1, -0.05) is 0 Å². The number of carboxylic acid groups (broad SMARTS) is 1. The molecule has 0 aromatic carbocycles. The molecule has 1 atom stereocenters. The molecule has 5 nitrogen and oxygen atoms in total. The molecule has 1 aliphatic rings. The van der Waals surface area contributed by atoms with Gasteiger partial charge in [0.05, 0.1) is 25.5 Å². The third kappa shape index (κ3) is 2.20. The van der Waals surface area contributed by atoms with Crippen LogP contribution in [-0.2, 0) is 14.4 Å². The van der Waals surface area contributed by atoms with Gasteiger partial charge in [0.25, 0.3) is 0 Å². The third-order valence-electron chi connectivity index (χ3n) is 1.58. The summed E-state index contributed by atoms with van der Waals surface area (Å²) in [7, 11) is 0. The fourth-order valence-electron chi connectivity index (χ4n) is 1.04. The maximum atomic E-state index is 11.0. The molecular weight excluding hydrogens is 162 g/mol. The molecule has 1 rings (SSSR count). The number of rotatable bonds is 3. The predicted octanol–water partition coefficient (Wildman–Crippen LogP) is 0.0135. The largest absolute Gasteiger partial charge is 0.481 e. The van der Waals surface area contributed by atoms with E-state index >= 15 is 0 Å². The van der Waals surface area contributed by atoms with Crippen molar-refractivity contribution in [3.05, 3.63) is 0 Å². The van der Waals surface area contributed by atoms with Gasteiger partial charge in [0.1, 0.15) is 0 Å². The lowest BCUT2D eigenvalue weighted by Crippen LogP contribution is -2.26. The molecule has 0 radical (unpaired) electrons. The molecule has 0 aromatic heterocycles. The molecule has 1 unspecified atom stereocenters. The summed E-state index contributed by atoms with van der Waals surface area (Å²) < 4.78 is 0. The Morgan fingerprint density at radius 2 is 2.50 bits per heavy atom. The van der Waals surface area contributed by atoms with Crippen molar-refractivity contribution in [3.8, 4) is 0 Å². The van der Waals surface area contributed by atoms with E-state index < -0.39 is 5.97 Å². The van der Waals surface area contributed by atoms with E-state index in [1.54, 1.807) is 6.92 Å². The first-order valence-corrected chi connectivity index (χ1v) is 3.78. The zero-order valence-electron chi connectivity index (χ0n) is 6.82. The molecule has 1 N–H and O–H groups in total. The summed E-state index contributed by atoms with van der Waals surface area (Å²) in [6.45, 7) is 1.91. The number of amides is 1. The van der Waals surface area contributed by atoms with Crippen LogP contribution in [0.15, 0.2) is 0 Å². The van der Waals surface area contributed by atoms with E-state index in [0.29, 0.717) is 6.42 Å². The minimum absolute atomic E-state index is 0.0710. The number of carbonyl (C=O) groups excluding carboxylic acids is 1. The maximum Gasteiger partial charge on any atom is 0.305 e. The highest BCUT2D eigenvalue weighted by atomic mass is 16.7. The fourth-order valence-corrected chi connectivity index (χ4v) is 1.04. The van der Waals surface area contributed by atoms with Crippen molar-refractivity contribution in [2.24, 2.45) is 0 Å². The lowest BCUT2D eigenvalue weighted by atomic mass is 10.3. The van der Waals surface area contributed by atoms with Crippen LogP contribution in [0.2, 0.25) is 0 Å². The van der Waals surface area contributed by atoms with Crippen molar-refractivity contribution < 1.29 is 19.5 Å². The van der Waals surface area contributed by atoms with Gasteiger partial charge < -0.3 is 5.11 Å². The van der Waals surface area contributed by atoms with Crippen molar-refractivity contribution in [2.45, 2.75) is 25.9 Å². The third-order valence-corrected chi connectivity index (χ3v) is 1.58. The van der Waals surface area contributed by atoms with Crippen molar-refractivity contribution in [1.82, 2.24) is 5.06 Å². The standard InChI is InChI=1S/C7H11NO4/c1-5-4-6(9)8(12-5)3-2-7(10)11/h5H,2-4H2,1H3,(H,10,11). The van der Waals surface area contributed by atoms with Gasteiger partial charge in [-0.05, 0) is 6.92 Å². The summed E-state index contributed by atoms with van der Waals surface area (Å²) in [4.78, 5) is 26.2. The monoisotopic (exact) mass is 173 g/mol. The highest BCUT2D eigenvalue weighted by Gasteiger charge is 2.27. The minimum atomic E-state index is -0.925. The SMILES string of the molecule is CC1CC(=O)N(CCC(=O)O)O1. The Morgan fingerprint density at radius 1 is 1.83 bits per heavy atom. The van der Waals surface area contributed by atoms with Crippen molar-refractivity contribution >= 4 is 11.9 Å². The zero-order chi connectivity index (χ0) is 9.14. The topological polar surface area (TPSA) is 66.8 Å². The second-order valence-corrected chi connectivity index (χ2v) is 2.76. The number of hydrogen-bond donors (Lipinski definition) is 1. The average Bonchev–Trinajstić information content (AvgIpc) is 2.26. The van der Waals surface area contributed by atoms with Crippen LogP contribution >= 0.6 is 0 Å². The van der Waals surface area contributed by atoms with Gasteiger partial charge in [-0.15, -0.1) is 0 Å². The van der Waals surface area contributed by atoms with Gasteiger partial charge in [0.15, 0.2) is 0 Å². The van der Waals surface area contributed by atoms with E-state index in [4.69, 9.17) is 9.94 Å². The predicted molar refractivity (Wildman–Crippen MR) is 39.1 cm³/mol. The molecule has 0 aliphatic carbocycles. The molecule has 68 valence electrons. The van der Waals surface area contributed by atoms with Crippen molar-refractivity contribution in [3.63, 3.8) is 0 Å². The van der Waals surface area contributed by atoms with E-state index in [9.17, 15) is 9.59 Å². The normalized spacial score (nSPS) is 23.2. The molecule has 0 spiro atoms. The second-order valence-electron chi connectivity index (χ2n) is 2.76. The van der Waals surface area contributed by atoms with Crippen LogP contribution in [0.5, 0.6) is 0 Å². The van der Waals surface area contributed by atoms with Crippen LogP contribution in [0.4, 0.5) is 0 Å². The molecule has 0 aromatic rings. The van der Waals surface area contributed by atoms with Crippen molar-refractivity contribution in [1.29, 1.82) is 0 Å². The number of hydroxylamine groups is 2. The first-order chi connectivity index (χ1) is 5.59. The minimum Gasteiger partial charge on any atom is -0.481 e. The molecule has 1 saturated heterocycles. The van der Waals surface area contributed by atoms with Crippen LogP contribution in [0.1, 0.15) is 19.8 Å². The molecule has 0 bridgehead atoms. The number of aliphatic carboxylic acids is 1. The van der Waals surface area contributed by atoms with Crippen LogP contribution in [0.25, 0.3) is 0 Å². The fraction of sp³-hybridized carbons (Fsp3) is 0.714. The zero-order valence-corrected chi connectivity index (χ0v) is 6.82. The molecule has 1 heterocycles. The Morgan fingerprint density at radius 3 is 2.92 bits per heavy atom. The van der Waals surface area contributed by atoms with Crippen LogP contribution < -0.4 is 0 Å². The van der Waals surface area contributed by atoms with Gasteiger partial charge in [0.2, 0.25) is 5.91 Å². The molecule has 12 heavy (non-hydrogen) atoms. The van der Waals surface area contributed by atoms with E-state index in [-0.39, 0.29) is 25.0 Å². The Bertz CT molecular complexity index is 204. The van der Waals surface area contributed by atoms with Gasteiger partial charge in [-0.2, -0.15) is 0 Å². The molecule has 1 amide bonds. The Balaban J connectivity index is 2.33. The van der Waals surface area contributed by atoms with E-state index in [1.165, 1.54) is 0 Å². The molecule has 5 heteroatoms. The van der Waals surface area contributed by atoms with Crippen LogP contribution in [-0.4, -0.2) is 34.7 Å². The van der Waals surface area contributed by atoms with Crippen molar-refractivity contribution in [2.75, 3.05) is 6.54 Å². The van der Waals surface area contributed by atoms with Gasteiger partial charge in [-0.3, -0.25) is 14.4 Å². The van der Waals surface area contributed by atoms with E-state index in [0.717, 1.165) is 5.06 Å². The highest BCUT2D eigenvalue weighted by Crippen LogP contribution is 2.14. The Labute approximate surface area is 69.9 Å². The molecule has 1 fully saturated rings. The van der Waals surface area contributed by atoms with E-state index in [2.05, 4.69) is 0 Å². The second kappa shape index (κ2) is 3.53. The summed E-state index contributed by atoms with van der Waals surface area (Å²) in [6, 6.07) is 0. The maximum absolute atomic E-state index is 11.0. The lowest BCUT2D eigenvalue weighted by Gasteiger charge is -2.12. The average molecular weight is 173 g/mol. The van der Waals surface area contributed by atoms with Gasteiger partial charge in [-0.25, -0.2) is 5.06 Å². The molecule has 0 saturated carbocycles. The number of hydrogen-bond acceptors (Lipinski definition) is 3. The van der Waals surface area contributed by atoms with Gasteiger partial charge in [0, 0.05) is 0 Å². The molecular formula is C7H11NO4. The van der Waals surface area contributed by atoms with Crippen LogP contribution in [0.3, 0.4) is 0 Å². The van der Waals surface area contributed by atoms with Gasteiger partial charge >= 0.3 is 5.97 Å². The summed E-state index contributed by atoms with van der Waals surface area (Å²) in [5, 5.41) is 9.46. The molecule has 1 aliphatic heterocycles. The number of carbonyl (C=O) groups is 2. The first kappa shape index (κ1) is 8.99. The number of carboxylic acids is 1.